The number of thioether (sulfide) groups is 1. The average molecular weight is 410 g/mol. The fourth-order valence-corrected chi connectivity index (χ4v) is 3.71. The van der Waals surface area contributed by atoms with Crippen molar-refractivity contribution in [3.8, 4) is 0 Å². The van der Waals surface area contributed by atoms with E-state index in [1.54, 1.807) is 13.8 Å². The summed E-state index contributed by atoms with van der Waals surface area (Å²) in [4.78, 5) is 0. The van der Waals surface area contributed by atoms with Gasteiger partial charge in [-0.1, -0.05) is 13.8 Å². The van der Waals surface area contributed by atoms with Crippen molar-refractivity contribution in [3.05, 3.63) is 69.3 Å². The van der Waals surface area contributed by atoms with Gasteiger partial charge >= 0.3 is 0 Å². The predicted octanol–water partition coefficient (Wildman–Crippen LogP) is 7.11. The zero-order valence-electron chi connectivity index (χ0n) is 14.8. The summed E-state index contributed by atoms with van der Waals surface area (Å²) in [6, 6.07) is 1.47. The highest BCUT2D eigenvalue weighted by atomic mass is 32.2. The first-order chi connectivity index (χ1) is 12.6. The molecule has 2 aromatic rings. The molecule has 0 spiro atoms. The van der Waals surface area contributed by atoms with E-state index >= 15 is 0 Å². The van der Waals surface area contributed by atoms with Crippen LogP contribution in [0, 0.1) is 34.9 Å². The number of rotatable bonds is 6. The predicted molar refractivity (Wildman–Crippen MR) is 91.2 cm³/mol. The van der Waals surface area contributed by atoms with Gasteiger partial charge in [0.05, 0.1) is 0 Å². The minimum absolute atomic E-state index is 0.121. The van der Waals surface area contributed by atoms with Crippen LogP contribution in [0.15, 0.2) is 12.1 Å². The van der Waals surface area contributed by atoms with Crippen molar-refractivity contribution in [2.45, 2.75) is 44.4 Å². The molecule has 0 nitrogen and oxygen atoms in total. The lowest BCUT2D eigenvalue weighted by Crippen LogP contribution is -2.06. The van der Waals surface area contributed by atoms with Crippen LogP contribution in [0.25, 0.3) is 0 Å². The summed E-state index contributed by atoms with van der Waals surface area (Å²) in [6.07, 6.45) is -1.89. The summed E-state index contributed by atoms with van der Waals surface area (Å²) >= 11 is 0.802. The SMILES string of the molecule is CC(C)c1cc(F)c(F)c(F)c1CSCc1c(F)cc(C(C)F)c(F)c1F. The second kappa shape index (κ2) is 8.54. The van der Waals surface area contributed by atoms with Crippen molar-refractivity contribution in [1.82, 2.24) is 0 Å². The molecule has 0 saturated carbocycles. The van der Waals surface area contributed by atoms with Gasteiger partial charge in [0.1, 0.15) is 12.0 Å². The van der Waals surface area contributed by atoms with Crippen LogP contribution in [-0.2, 0) is 11.5 Å². The third kappa shape index (κ3) is 4.42. The number of benzene rings is 2. The van der Waals surface area contributed by atoms with Crippen LogP contribution in [0.1, 0.15) is 55.1 Å². The molecule has 0 aliphatic carbocycles. The van der Waals surface area contributed by atoms with Gasteiger partial charge in [-0.15, -0.1) is 0 Å². The van der Waals surface area contributed by atoms with Gasteiger partial charge in [-0.25, -0.2) is 30.7 Å². The van der Waals surface area contributed by atoms with Crippen LogP contribution >= 0.6 is 11.8 Å². The molecule has 0 aliphatic heterocycles. The van der Waals surface area contributed by atoms with Gasteiger partial charge in [0.25, 0.3) is 0 Å². The number of halogens is 7. The van der Waals surface area contributed by atoms with Crippen molar-refractivity contribution in [3.63, 3.8) is 0 Å². The molecule has 0 heterocycles. The smallest absolute Gasteiger partial charge is 0.194 e. The maximum Gasteiger partial charge on any atom is 0.194 e. The molecular formula is C19H17F7S. The van der Waals surface area contributed by atoms with E-state index in [1.807, 2.05) is 0 Å². The highest BCUT2D eigenvalue weighted by Crippen LogP contribution is 2.33. The van der Waals surface area contributed by atoms with Crippen LogP contribution in [-0.4, -0.2) is 0 Å². The van der Waals surface area contributed by atoms with Crippen molar-refractivity contribution in [1.29, 1.82) is 0 Å². The van der Waals surface area contributed by atoms with E-state index in [2.05, 4.69) is 0 Å². The highest BCUT2D eigenvalue weighted by Gasteiger charge is 2.23. The summed E-state index contributed by atoms with van der Waals surface area (Å²) in [5, 5.41) is 0. The minimum atomic E-state index is -1.89. The van der Waals surface area contributed by atoms with E-state index in [0.29, 0.717) is 6.07 Å². The third-order valence-corrected chi connectivity index (χ3v) is 5.11. The molecule has 0 saturated heterocycles. The van der Waals surface area contributed by atoms with E-state index in [1.165, 1.54) is 0 Å². The molecule has 8 heteroatoms. The highest BCUT2D eigenvalue weighted by molar-refractivity contribution is 7.97. The Kier molecular flexibility index (Phi) is 6.83. The first kappa shape index (κ1) is 21.6. The number of hydrogen-bond acceptors (Lipinski definition) is 1. The van der Waals surface area contributed by atoms with E-state index in [9.17, 15) is 30.7 Å². The van der Waals surface area contributed by atoms with Crippen molar-refractivity contribution >= 4 is 11.8 Å². The molecule has 1 atom stereocenters. The van der Waals surface area contributed by atoms with Crippen LogP contribution in [0.4, 0.5) is 30.7 Å². The Hall–Kier alpha value is -1.70. The Morgan fingerprint density at radius 3 is 1.78 bits per heavy atom. The largest absolute Gasteiger partial charge is 0.242 e. The Labute approximate surface area is 156 Å². The summed E-state index contributed by atoms with van der Waals surface area (Å²) < 4.78 is 96.1. The zero-order chi connectivity index (χ0) is 20.5. The number of hydrogen-bond donors (Lipinski definition) is 0. The molecule has 0 N–H and O–H groups in total. The molecule has 0 aliphatic rings. The zero-order valence-corrected chi connectivity index (χ0v) is 15.6. The van der Waals surface area contributed by atoms with Gasteiger partial charge in [-0.3, -0.25) is 0 Å². The summed E-state index contributed by atoms with van der Waals surface area (Å²) in [5.74, 6) is -9.36. The molecule has 0 aromatic heterocycles. The second-order valence-corrected chi connectivity index (χ2v) is 7.36. The lowest BCUT2D eigenvalue weighted by Gasteiger charge is -2.15. The first-order valence-corrected chi connectivity index (χ1v) is 9.26. The Morgan fingerprint density at radius 2 is 1.22 bits per heavy atom. The van der Waals surface area contributed by atoms with Crippen LogP contribution in [0.3, 0.4) is 0 Å². The maximum atomic E-state index is 14.1. The standard InChI is InChI=1S/C19H17F7S/c1-8(2)10-4-15(22)19(26)17(24)12(10)6-27-7-13-14(21)5-11(9(3)20)16(23)18(13)25/h4-5,8-9H,6-7H2,1-3H3. The van der Waals surface area contributed by atoms with E-state index in [0.717, 1.165) is 24.8 Å². The fourth-order valence-electron chi connectivity index (χ4n) is 2.64. The Bertz CT molecular complexity index is 847. The van der Waals surface area contributed by atoms with Gasteiger partial charge in [0.15, 0.2) is 29.1 Å². The monoisotopic (exact) mass is 410 g/mol. The normalized spacial score (nSPS) is 12.7. The maximum absolute atomic E-state index is 14.1. The summed E-state index contributed by atoms with van der Waals surface area (Å²) in [5.41, 5.74) is -1.25. The van der Waals surface area contributed by atoms with Crippen LogP contribution in [0.5, 0.6) is 0 Å². The van der Waals surface area contributed by atoms with Gasteiger partial charge < -0.3 is 0 Å². The van der Waals surface area contributed by atoms with Gasteiger partial charge in [-0.2, -0.15) is 11.8 Å². The first-order valence-electron chi connectivity index (χ1n) is 8.10. The Balaban J connectivity index is 2.28. The molecule has 1 unspecified atom stereocenters. The van der Waals surface area contributed by atoms with Crippen LogP contribution < -0.4 is 0 Å². The molecule has 0 radical (unpaired) electrons. The molecule has 0 fully saturated rings. The topological polar surface area (TPSA) is 0 Å². The summed E-state index contributed by atoms with van der Waals surface area (Å²) in [6.45, 7) is 4.27. The molecule has 2 aromatic carbocycles. The van der Waals surface area contributed by atoms with Gasteiger partial charge in [-0.05, 0) is 30.5 Å². The molecule has 2 rings (SSSR count). The van der Waals surface area contributed by atoms with Gasteiger partial charge in [0, 0.05) is 28.2 Å². The molecular weight excluding hydrogens is 393 g/mol. The lowest BCUT2D eigenvalue weighted by atomic mass is 9.97. The van der Waals surface area contributed by atoms with E-state index in [4.69, 9.17) is 0 Å². The van der Waals surface area contributed by atoms with Crippen molar-refractivity contribution in [2.24, 2.45) is 0 Å². The lowest BCUT2D eigenvalue weighted by molar-refractivity contribution is 0.350. The average Bonchev–Trinajstić information content (AvgIpc) is 2.59. The molecule has 148 valence electrons. The fraction of sp³-hybridized carbons (Fsp3) is 0.368. The van der Waals surface area contributed by atoms with Gasteiger partial charge in [0.2, 0.25) is 0 Å². The second-order valence-electron chi connectivity index (χ2n) is 6.37. The molecule has 0 bridgehead atoms. The molecule has 27 heavy (non-hydrogen) atoms. The minimum Gasteiger partial charge on any atom is -0.242 e. The van der Waals surface area contributed by atoms with Crippen LogP contribution in [0.2, 0.25) is 0 Å². The van der Waals surface area contributed by atoms with E-state index < -0.39 is 58.0 Å². The number of alkyl halides is 1. The van der Waals surface area contributed by atoms with E-state index in [-0.39, 0.29) is 22.8 Å². The van der Waals surface area contributed by atoms with Crippen molar-refractivity contribution < 1.29 is 30.7 Å². The summed E-state index contributed by atoms with van der Waals surface area (Å²) in [7, 11) is 0. The van der Waals surface area contributed by atoms with Crippen molar-refractivity contribution in [2.75, 3.05) is 0 Å². The third-order valence-electron chi connectivity index (χ3n) is 4.12. The quantitative estimate of drug-likeness (QED) is 0.278. The Morgan fingerprint density at radius 1 is 0.704 bits per heavy atom. The molecule has 0 amide bonds.